The van der Waals surface area contributed by atoms with Gasteiger partial charge in [0.05, 0.1) is 7.11 Å². The van der Waals surface area contributed by atoms with Crippen LogP contribution in [-0.4, -0.2) is 41.3 Å². The molecule has 0 radical (unpaired) electrons. The van der Waals surface area contributed by atoms with Crippen molar-refractivity contribution in [1.82, 2.24) is 9.80 Å². The molecule has 0 spiro atoms. The Kier molecular flexibility index (Phi) is 6.07. The minimum absolute atomic E-state index is 0.0639. The first-order chi connectivity index (χ1) is 14.5. The van der Waals surface area contributed by atoms with E-state index in [2.05, 4.69) is 6.92 Å². The zero-order valence-electron chi connectivity index (χ0n) is 17.8. The number of ether oxygens (including phenoxy) is 1. The Hall–Kier alpha value is -2.82. The van der Waals surface area contributed by atoms with E-state index in [1.807, 2.05) is 58.3 Å². The Morgan fingerprint density at radius 1 is 1.10 bits per heavy atom. The van der Waals surface area contributed by atoms with Crippen LogP contribution in [0.1, 0.15) is 54.1 Å². The Morgan fingerprint density at radius 3 is 2.33 bits per heavy atom. The smallest absolute Gasteiger partial charge is 0.254 e. The molecule has 5 nitrogen and oxygen atoms in total. The maximum Gasteiger partial charge on any atom is 0.254 e. The van der Waals surface area contributed by atoms with Gasteiger partial charge in [-0.3, -0.25) is 9.59 Å². The molecule has 1 heterocycles. The first-order valence-electron chi connectivity index (χ1n) is 10.9. The lowest BCUT2D eigenvalue weighted by atomic mass is 10.1. The third-order valence-electron chi connectivity index (χ3n) is 6.31. The highest BCUT2D eigenvalue weighted by molar-refractivity contribution is 5.94. The first kappa shape index (κ1) is 20.5. The van der Waals surface area contributed by atoms with E-state index in [1.54, 1.807) is 7.11 Å². The summed E-state index contributed by atoms with van der Waals surface area (Å²) in [4.78, 5) is 29.1. The molecule has 4 rings (SSSR count). The normalized spacial score (nSPS) is 17.1. The molecule has 0 aromatic heterocycles. The second kappa shape index (κ2) is 8.90. The summed E-state index contributed by atoms with van der Waals surface area (Å²) >= 11 is 0. The molecule has 2 amide bonds. The van der Waals surface area contributed by atoms with E-state index < -0.39 is 0 Å². The third-order valence-corrected chi connectivity index (χ3v) is 6.31. The summed E-state index contributed by atoms with van der Waals surface area (Å²) in [5, 5.41) is 0. The number of benzene rings is 2. The molecule has 2 fully saturated rings. The summed E-state index contributed by atoms with van der Waals surface area (Å²) < 4.78 is 5.25. The minimum Gasteiger partial charge on any atom is -0.497 e. The number of likely N-dealkylation sites (tertiary alicyclic amines) is 1. The van der Waals surface area contributed by atoms with Gasteiger partial charge >= 0.3 is 0 Å². The highest BCUT2D eigenvalue weighted by atomic mass is 16.5. The van der Waals surface area contributed by atoms with E-state index in [-0.39, 0.29) is 17.9 Å². The number of rotatable bonds is 8. The standard InChI is InChI=1S/C25H30N2O3/c1-18(21-11-12-21)27(17-20-7-13-23(30-2)14-8-20)25(29)22-9-5-19(6-10-22)16-26-15-3-4-24(26)28/h5-10,13-14,18,21H,3-4,11-12,15-17H2,1-2H3. The fourth-order valence-corrected chi connectivity index (χ4v) is 4.17. The van der Waals surface area contributed by atoms with Gasteiger partial charge in [-0.25, -0.2) is 0 Å². The lowest BCUT2D eigenvalue weighted by molar-refractivity contribution is -0.128. The number of methoxy groups -OCH3 is 1. The summed E-state index contributed by atoms with van der Waals surface area (Å²) in [6.45, 7) is 4.20. The van der Waals surface area contributed by atoms with Crippen LogP contribution in [0.15, 0.2) is 48.5 Å². The summed E-state index contributed by atoms with van der Waals surface area (Å²) in [5.74, 6) is 1.69. The summed E-state index contributed by atoms with van der Waals surface area (Å²) in [5.41, 5.74) is 2.87. The largest absolute Gasteiger partial charge is 0.497 e. The minimum atomic E-state index is 0.0639. The Bertz CT molecular complexity index is 888. The van der Waals surface area contributed by atoms with Gasteiger partial charge in [-0.05, 0) is 67.5 Å². The summed E-state index contributed by atoms with van der Waals surface area (Å²) in [6, 6.07) is 15.9. The van der Waals surface area contributed by atoms with E-state index in [0.29, 0.717) is 31.0 Å². The maximum atomic E-state index is 13.4. The van der Waals surface area contributed by atoms with Crippen molar-refractivity contribution in [2.75, 3.05) is 13.7 Å². The van der Waals surface area contributed by atoms with Gasteiger partial charge < -0.3 is 14.5 Å². The van der Waals surface area contributed by atoms with Crippen molar-refractivity contribution in [2.45, 2.75) is 51.7 Å². The van der Waals surface area contributed by atoms with E-state index >= 15 is 0 Å². The van der Waals surface area contributed by atoms with E-state index in [1.165, 1.54) is 12.8 Å². The average Bonchev–Trinajstić information content (AvgIpc) is 3.55. The predicted molar refractivity (Wildman–Crippen MR) is 116 cm³/mol. The van der Waals surface area contributed by atoms with Crippen molar-refractivity contribution in [2.24, 2.45) is 5.92 Å². The van der Waals surface area contributed by atoms with Crippen molar-refractivity contribution in [3.8, 4) is 5.75 Å². The number of carbonyl (C=O) groups is 2. The SMILES string of the molecule is COc1ccc(CN(C(=O)c2ccc(CN3CCCC3=O)cc2)C(C)C2CC2)cc1. The lowest BCUT2D eigenvalue weighted by Crippen LogP contribution is -2.39. The van der Waals surface area contributed by atoms with Crippen LogP contribution < -0.4 is 4.74 Å². The number of carbonyl (C=O) groups excluding carboxylic acids is 2. The molecule has 0 N–H and O–H groups in total. The van der Waals surface area contributed by atoms with Gasteiger partial charge in [-0.2, -0.15) is 0 Å². The van der Waals surface area contributed by atoms with Crippen LogP contribution in [0.4, 0.5) is 0 Å². The molecule has 1 saturated heterocycles. The number of hydrogen-bond acceptors (Lipinski definition) is 3. The number of hydrogen-bond donors (Lipinski definition) is 0. The first-order valence-corrected chi connectivity index (χ1v) is 10.9. The van der Waals surface area contributed by atoms with Crippen molar-refractivity contribution in [3.05, 3.63) is 65.2 Å². The highest BCUT2D eigenvalue weighted by Crippen LogP contribution is 2.36. The monoisotopic (exact) mass is 406 g/mol. The summed E-state index contributed by atoms with van der Waals surface area (Å²) in [7, 11) is 1.66. The molecule has 1 unspecified atom stereocenters. The maximum absolute atomic E-state index is 13.4. The van der Waals surface area contributed by atoms with Crippen LogP contribution in [-0.2, 0) is 17.9 Å². The zero-order valence-corrected chi connectivity index (χ0v) is 17.8. The van der Waals surface area contributed by atoms with Gasteiger partial charge in [0.1, 0.15) is 5.75 Å². The predicted octanol–water partition coefficient (Wildman–Crippen LogP) is 4.26. The zero-order chi connectivity index (χ0) is 21.1. The van der Waals surface area contributed by atoms with E-state index in [0.717, 1.165) is 29.8 Å². The molecule has 1 aliphatic heterocycles. The van der Waals surface area contributed by atoms with Crippen LogP contribution in [0, 0.1) is 5.92 Å². The fraction of sp³-hybridized carbons (Fsp3) is 0.440. The van der Waals surface area contributed by atoms with Crippen molar-refractivity contribution in [3.63, 3.8) is 0 Å². The quantitative estimate of drug-likeness (QED) is 0.658. The molecule has 158 valence electrons. The van der Waals surface area contributed by atoms with Crippen LogP contribution in [0.2, 0.25) is 0 Å². The molecule has 2 aliphatic rings. The second-order valence-electron chi connectivity index (χ2n) is 8.47. The topological polar surface area (TPSA) is 49.9 Å². The van der Waals surface area contributed by atoms with Gasteiger partial charge in [0.2, 0.25) is 5.91 Å². The Morgan fingerprint density at radius 2 is 1.77 bits per heavy atom. The molecule has 30 heavy (non-hydrogen) atoms. The van der Waals surface area contributed by atoms with Crippen molar-refractivity contribution < 1.29 is 14.3 Å². The number of nitrogens with zero attached hydrogens (tertiary/aromatic N) is 2. The second-order valence-corrected chi connectivity index (χ2v) is 8.47. The lowest BCUT2D eigenvalue weighted by Gasteiger charge is -2.30. The number of amides is 2. The van der Waals surface area contributed by atoms with Gasteiger partial charge in [0.25, 0.3) is 5.91 Å². The van der Waals surface area contributed by atoms with E-state index in [4.69, 9.17) is 4.74 Å². The third kappa shape index (κ3) is 4.66. The molecule has 2 aromatic carbocycles. The van der Waals surface area contributed by atoms with Gasteiger partial charge in [0.15, 0.2) is 0 Å². The van der Waals surface area contributed by atoms with Gasteiger partial charge in [-0.1, -0.05) is 24.3 Å². The molecular formula is C25H30N2O3. The van der Waals surface area contributed by atoms with E-state index in [9.17, 15) is 9.59 Å². The Labute approximate surface area is 178 Å². The van der Waals surface area contributed by atoms with Crippen LogP contribution in [0.3, 0.4) is 0 Å². The van der Waals surface area contributed by atoms with Crippen LogP contribution in [0.25, 0.3) is 0 Å². The molecular weight excluding hydrogens is 376 g/mol. The van der Waals surface area contributed by atoms with Crippen molar-refractivity contribution >= 4 is 11.8 Å². The average molecular weight is 407 g/mol. The van der Waals surface area contributed by atoms with Crippen molar-refractivity contribution in [1.29, 1.82) is 0 Å². The van der Waals surface area contributed by atoms with Crippen LogP contribution >= 0.6 is 0 Å². The molecule has 2 aromatic rings. The highest BCUT2D eigenvalue weighted by Gasteiger charge is 2.34. The molecule has 1 atom stereocenters. The molecule has 1 saturated carbocycles. The molecule has 5 heteroatoms. The molecule has 1 aliphatic carbocycles. The summed E-state index contributed by atoms with van der Waals surface area (Å²) in [6.07, 6.45) is 3.97. The van der Waals surface area contributed by atoms with Crippen LogP contribution in [0.5, 0.6) is 5.75 Å². The van der Waals surface area contributed by atoms with Gasteiger partial charge in [0, 0.05) is 37.7 Å². The van der Waals surface area contributed by atoms with Gasteiger partial charge in [-0.15, -0.1) is 0 Å². The molecule has 0 bridgehead atoms. The fourth-order valence-electron chi connectivity index (χ4n) is 4.17. The Balaban J connectivity index is 1.48.